The number of methoxy groups -OCH3 is 1. The number of fused-ring (bicyclic) bond motifs is 1. The standard InChI is InChI=1S/C21H15Cl2N3O3S/c1-29-14-5-2-12(3-6-14)15-10-30-20-19(15)21(28)26(11-24-20)9-18(27)25-17-7-4-13(22)8-16(17)23/h2-8,10-11H,9H2,1H3,(H,25,27). The van der Waals surface area contributed by atoms with Crippen LogP contribution in [0.4, 0.5) is 5.69 Å². The average molecular weight is 460 g/mol. The molecule has 2 heterocycles. The quantitative estimate of drug-likeness (QED) is 0.451. The number of benzene rings is 2. The number of carbonyl (C=O) groups excluding carboxylic acids is 1. The van der Waals surface area contributed by atoms with Gasteiger partial charge in [0.25, 0.3) is 5.56 Å². The lowest BCUT2D eigenvalue weighted by molar-refractivity contribution is -0.116. The molecule has 1 N–H and O–H groups in total. The first-order valence-corrected chi connectivity index (χ1v) is 10.5. The van der Waals surface area contributed by atoms with Gasteiger partial charge in [-0.15, -0.1) is 11.3 Å². The fourth-order valence-corrected chi connectivity index (χ4v) is 4.36. The van der Waals surface area contributed by atoms with Gasteiger partial charge in [-0.25, -0.2) is 4.98 Å². The molecule has 1 amide bonds. The van der Waals surface area contributed by atoms with Gasteiger partial charge < -0.3 is 10.1 Å². The highest BCUT2D eigenvalue weighted by atomic mass is 35.5. The highest BCUT2D eigenvalue weighted by Gasteiger charge is 2.15. The van der Waals surface area contributed by atoms with Crippen molar-refractivity contribution >= 4 is 56.3 Å². The molecule has 0 fully saturated rings. The third-order valence-corrected chi connectivity index (χ3v) is 5.92. The summed E-state index contributed by atoms with van der Waals surface area (Å²) in [5.41, 5.74) is 1.77. The molecule has 0 aliphatic heterocycles. The Labute approximate surface area is 185 Å². The van der Waals surface area contributed by atoms with E-state index < -0.39 is 5.91 Å². The number of rotatable bonds is 5. The zero-order chi connectivity index (χ0) is 21.3. The molecular formula is C21H15Cl2N3O3S. The molecular weight excluding hydrogens is 445 g/mol. The summed E-state index contributed by atoms with van der Waals surface area (Å²) in [6, 6.07) is 12.2. The van der Waals surface area contributed by atoms with Crippen LogP contribution in [0, 0.1) is 0 Å². The first kappa shape index (κ1) is 20.4. The van der Waals surface area contributed by atoms with E-state index in [1.807, 2.05) is 29.6 Å². The average Bonchev–Trinajstić information content (AvgIpc) is 3.17. The third kappa shape index (κ3) is 4.05. The van der Waals surface area contributed by atoms with Crippen molar-refractivity contribution in [1.29, 1.82) is 0 Å². The van der Waals surface area contributed by atoms with E-state index in [0.29, 0.717) is 25.9 Å². The SMILES string of the molecule is COc1ccc(-c2csc3ncn(CC(=O)Nc4ccc(Cl)cc4Cl)c(=O)c23)cc1. The molecule has 0 aliphatic carbocycles. The van der Waals surface area contributed by atoms with Gasteiger partial charge in [-0.3, -0.25) is 14.2 Å². The van der Waals surface area contributed by atoms with Gasteiger partial charge in [0.15, 0.2) is 0 Å². The fourth-order valence-electron chi connectivity index (χ4n) is 3.00. The fraction of sp³-hybridized carbons (Fsp3) is 0.0952. The summed E-state index contributed by atoms with van der Waals surface area (Å²) in [6.07, 6.45) is 1.38. The van der Waals surface area contributed by atoms with Gasteiger partial charge in [-0.2, -0.15) is 0 Å². The lowest BCUT2D eigenvalue weighted by Gasteiger charge is -2.09. The number of ether oxygens (including phenoxy) is 1. The highest BCUT2D eigenvalue weighted by molar-refractivity contribution is 7.17. The van der Waals surface area contributed by atoms with Gasteiger partial charge in [0.1, 0.15) is 17.1 Å². The Balaban J connectivity index is 1.64. The smallest absolute Gasteiger partial charge is 0.263 e. The van der Waals surface area contributed by atoms with Gasteiger partial charge >= 0.3 is 0 Å². The largest absolute Gasteiger partial charge is 0.497 e. The molecule has 152 valence electrons. The van der Waals surface area contributed by atoms with E-state index in [2.05, 4.69) is 10.3 Å². The van der Waals surface area contributed by atoms with Crippen molar-refractivity contribution in [2.75, 3.05) is 12.4 Å². The van der Waals surface area contributed by atoms with Crippen LogP contribution in [0.15, 0.2) is 59.0 Å². The lowest BCUT2D eigenvalue weighted by atomic mass is 10.1. The number of hydrogen-bond acceptors (Lipinski definition) is 5. The molecule has 0 spiro atoms. The second kappa shape index (κ2) is 8.47. The molecule has 4 rings (SSSR count). The maximum absolute atomic E-state index is 13.1. The van der Waals surface area contributed by atoms with Crippen molar-refractivity contribution in [2.24, 2.45) is 0 Å². The number of hydrogen-bond donors (Lipinski definition) is 1. The van der Waals surface area contributed by atoms with E-state index in [1.165, 1.54) is 28.3 Å². The summed E-state index contributed by atoms with van der Waals surface area (Å²) >= 11 is 13.3. The van der Waals surface area contributed by atoms with E-state index in [-0.39, 0.29) is 12.1 Å². The lowest BCUT2D eigenvalue weighted by Crippen LogP contribution is -2.27. The van der Waals surface area contributed by atoms with Crippen LogP contribution in [0.3, 0.4) is 0 Å². The third-order valence-electron chi connectivity index (χ3n) is 4.48. The summed E-state index contributed by atoms with van der Waals surface area (Å²) in [5, 5.41) is 5.83. The second-order valence-corrected chi connectivity index (χ2v) is 8.11. The summed E-state index contributed by atoms with van der Waals surface area (Å²) in [5.74, 6) is 0.329. The van der Waals surface area contributed by atoms with Gasteiger partial charge in [0.05, 0.1) is 29.5 Å². The first-order chi connectivity index (χ1) is 14.5. The minimum absolute atomic E-state index is 0.196. The number of nitrogens with one attached hydrogen (secondary N) is 1. The number of halogens is 2. The minimum Gasteiger partial charge on any atom is -0.497 e. The molecule has 2 aromatic heterocycles. The van der Waals surface area contributed by atoms with Crippen LogP contribution in [0.1, 0.15) is 0 Å². The van der Waals surface area contributed by atoms with Crippen molar-refractivity contribution in [3.63, 3.8) is 0 Å². The maximum Gasteiger partial charge on any atom is 0.263 e. The zero-order valence-corrected chi connectivity index (χ0v) is 18.0. The van der Waals surface area contributed by atoms with Crippen molar-refractivity contribution in [3.8, 4) is 16.9 Å². The number of thiophene rings is 1. The van der Waals surface area contributed by atoms with Crippen LogP contribution in [0.25, 0.3) is 21.3 Å². The highest BCUT2D eigenvalue weighted by Crippen LogP contribution is 2.31. The van der Waals surface area contributed by atoms with Crippen LogP contribution in [0.2, 0.25) is 10.0 Å². The predicted molar refractivity (Wildman–Crippen MR) is 121 cm³/mol. The molecule has 0 saturated carbocycles. The van der Waals surface area contributed by atoms with Gasteiger partial charge in [-0.1, -0.05) is 35.3 Å². The molecule has 9 heteroatoms. The van der Waals surface area contributed by atoms with Crippen molar-refractivity contribution in [3.05, 3.63) is 74.6 Å². The van der Waals surface area contributed by atoms with Crippen molar-refractivity contribution < 1.29 is 9.53 Å². The van der Waals surface area contributed by atoms with E-state index in [4.69, 9.17) is 27.9 Å². The monoisotopic (exact) mass is 459 g/mol. The molecule has 2 aromatic carbocycles. The van der Waals surface area contributed by atoms with Crippen LogP contribution in [-0.4, -0.2) is 22.6 Å². The normalized spacial score (nSPS) is 10.9. The van der Waals surface area contributed by atoms with E-state index in [1.54, 1.807) is 19.2 Å². The Morgan fingerprint density at radius 2 is 1.97 bits per heavy atom. The molecule has 6 nitrogen and oxygen atoms in total. The van der Waals surface area contributed by atoms with Crippen LogP contribution in [-0.2, 0) is 11.3 Å². The van der Waals surface area contributed by atoms with E-state index in [0.717, 1.165) is 16.9 Å². The topological polar surface area (TPSA) is 73.2 Å². The first-order valence-electron chi connectivity index (χ1n) is 8.82. The van der Waals surface area contributed by atoms with Gasteiger partial charge in [0.2, 0.25) is 5.91 Å². The Hall–Kier alpha value is -2.87. The van der Waals surface area contributed by atoms with Gasteiger partial charge in [-0.05, 0) is 35.9 Å². The van der Waals surface area contributed by atoms with Crippen molar-refractivity contribution in [1.82, 2.24) is 9.55 Å². The molecule has 30 heavy (non-hydrogen) atoms. The van der Waals surface area contributed by atoms with Crippen LogP contribution in [0.5, 0.6) is 5.75 Å². The van der Waals surface area contributed by atoms with Crippen LogP contribution >= 0.6 is 34.5 Å². The molecule has 0 aliphatic rings. The zero-order valence-electron chi connectivity index (χ0n) is 15.7. The maximum atomic E-state index is 13.1. The van der Waals surface area contributed by atoms with Gasteiger partial charge in [0, 0.05) is 16.0 Å². The summed E-state index contributed by atoms with van der Waals surface area (Å²) in [4.78, 5) is 30.5. The second-order valence-electron chi connectivity index (χ2n) is 6.41. The number of carbonyl (C=O) groups is 1. The van der Waals surface area contributed by atoms with Crippen LogP contribution < -0.4 is 15.6 Å². The number of anilines is 1. The Bertz CT molecular complexity index is 1300. The summed E-state index contributed by atoms with van der Waals surface area (Å²) in [6.45, 7) is -0.196. The molecule has 0 radical (unpaired) electrons. The molecule has 0 saturated heterocycles. The Morgan fingerprint density at radius 3 is 2.67 bits per heavy atom. The van der Waals surface area contributed by atoms with Crippen molar-refractivity contribution in [2.45, 2.75) is 6.54 Å². The molecule has 0 unspecified atom stereocenters. The number of nitrogens with zero attached hydrogens (tertiary/aromatic N) is 2. The predicted octanol–water partition coefficient (Wildman–Crippen LogP) is 5.08. The summed E-state index contributed by atoms with van der Waals surface area (Å²) < 4.78 is 6.47. The number of aromatic nitrogens is 2. The Kier molecular flexibility index (Phi) is 5.76. The minimum atomic E-state index is -0.399. The molecule has 0 bridgehead atoms. The number of amides is 1. The van der Waals surface area contributed by atoms with E-state index >= 15 is 0 Å². The van der Waals surface area contributed by atoms with E-state index in [9.17, 15) is 9.59 Å². The Morgan fingerprint density at radius 1 is 1.20 bits per heavy atom. The summed E-state index contributed by atoms with van der Waals surface area (Å²) in [7, 11) is 1.60. The molecule has 0 atom stereocenters. The molecule has 4 aromatic rings.